The van der Waals surface area contributed by atoms with Gasteiger partial charge in [-0.15, -0.1) is 6.42 Å². The fourth-order valence-electron chi connectivity index (χ4n) is 2.77. The molecule has 1 saturated heterocycles. The summed E-state index contributed by atoms with van der Waals surface area (Å²) < 4.78 is 16.9. The van der Waals surface area contributed by atoms with Crippen molar-refractivity contribution in [3.63, 3.8) is 0 Å². The number of aromatic nitrogens is 1. The summed E-state index contributed by atoms with van der Waals surface area (Å²) in [4.78, 5) is 4.24. The van der Waals surface area contributed by atoms with Crippen LogP contribution in [0.4, 0.5) is 0 Å². The molecule has 3 heteroatoms. The molecule has 1 aliphatic heterocycles. The van der Waals surface area contributed by atoms with Crippen molar-refractivity contribution >= 4 is 0 Å². The van der Waals surface area contributed by atoms with Crippen molar-refractivity contribution in [3.05, 3.63) is 29.6 Å². The van der Waals surface area contributed by atoms with Crippen LogP contribution in [0.1, 0.15) is 39.8 Å². The van der Waals surface area contributed by atoms with Gasteiger partial charge in [0.25, 0.3) is 0 Å². The first kappa shape index (κ1) is 12.0. The Balaban J connectivity index is 0.000000309. The summed E-state index contributed by atoms with van der Waals surface area (Å²) in [5.74, 6) is 7.08. The third kappa shape index (κ3) is 2.85. The average Bonchev–Trinajstić information content (AvgIpc) is 2.70. The molecule has 0 radical (unpaired) electrons. The molecule has 2 heterocycles. The Morgan fingerprint density at radius 1 is 1.55 bits per heavy atom. The molecule has 1 aromatic rings. The Hall–Kier alpha value is -1.81. The minimum absolute atomic E-state index is 0.233. The zero-order chi connectivity index (χ0) is 16.2. The fourth-order valence-corrected chi connectivity index (χ4v) is 2.77. The molecule has 20 heavy (non-hydrogen) atoms. The summed E-state index contributed by atoms with van der Waals surface area (Å²) in [5, 5.41) is 3.28. The van der Waals surface area contributed by atoms with E-state index in [1.807, 2.05) is 12.1 Å². The number of terminal acetylenes is 1. The Morgan fingerprint density at radius 2 is 2.30 bits per heavy atom. The molecule has 1 fully saturated rings. The Morgan fingerprint density at radius 3 is 2.85 bits per heavy atom. The molecule has 0 unspecified atom stereocenters. The van der Waals surface area contributed by atoms with Crippen LogP contribution in [0.25, 0.3) is 0 Å². The predicted octanol–water partition coefficient (Wildman–Crippen LogP) is 1.65. The van der Waals surface area contributed by atoms with Gasteiger partial charge in [-0.2, -0.15) is 0 Å². The van der Waals surface area contributed by atoms with E-state index in [0.29, 0.717) is 5.69 Å². The first-order valence-corrected chi connectivity index (χ1v) is 6.80. The molecule has 0 aromatic carbocycles. The van der Waals surface area contributed by atoms with Gasteiger partial charge in [0.05, 0.1) is 0 Å². The van der Waals surface area contributed by atoms with Crippen LogP contribution in [-0.2, 0) is 6.37 Å². The molecule has 3 N–H and O–H groups in total. The molecule has 2 aliphatic rings. The zero-order valence-electron chi connectivity index (χ0n) is 13.7. The third-order valence-electron chi connectivity index (χ3n) is 3.83. The summed E-state index contributed by atoms with van der Waals surface area (Å²) in [5.41, 5.74) is 7.29. The van der Waals surface area contributed by atoms with Crippen molar-refractivity contribution in [1.29, 1.82) is 0 Å². The highest BCUT2D eigenvalue weighted by molar-refractivity contribution is 5.33. The van der Waals surface area contributed by atoms with Crippen molar-refractivity contribution in [2.75, 3.05) is 13.1 Å². The van der Waals surface area contributed by atoms with Gasteiger partial charge in [0.1, 0.15) is 0 Å². The second kappa shape index (κ2) is 6.57. The normalized spacial score (nSPS) is 25.8. The lowest BCUT2D eigenvalue weighted by Gasteiger charge is -2.37. The maximum Gasteiger partial charge on any atom is 0.0457 e. The molecule has 1 spiro atoms. The topological polar surface area (TPSA) is 50.9 Å². The summed E-state index contributed by atoms with van der Waals surface area (Å²) >= 11 is 0. The zero-order valence-corrected chi connectivity index (χ0v) is 11.7. The van der Waals surface area contributed by atoms with Gasteiger partial charge in [-0.25, -0.2) is 0 Å². The Kier molecular flexibility index (Phi) is 3.93. The van der Waals surface area contributed by atoms with E-state index >= 15 is 0 Å². The number of fused-ring (bicyclic) bond motifs is 1. The van der Waals surface area contributed by atoms with Crippen LogP contribution in [0.5, 0.6) is 0 Å². The second-order valence-corrected chi connectivity index (χ2v) is 4.97. The van der Waals surface area contributed by atoms with Crippen molar-refractivity contribution < 1.29 is 2.74 Å². The monoisotopic (exact) mass is 269 g/mol. The van der Waals surface area contributed by atoms with Crippen LogP contribution in [-0.4, -0.2) is 18.1 Å². The molecule has 3 rings (SSSR count). The van der Waals surface area contributed by atoms with Gasteiger partial charge < -0.3 is 11.1 Å². The molecule has 0 bridgehead atoms. The van der Waals surface area contributed by atoms with Gasteiger partial charge in [0.2, 0.25) is 0 Å². The van der Waals surface area contributed by atoms with E-state index in [1.54, 1.807) is 13.1 Å². The van der Waals surface area contributed by atoms with Crippen LogP contribution in [0.15, 0.2) is 18.3 Å². The molecule has 1 atom stereocenters. The summed E-state index contributed by atoms with van der Waals surface area (Å²) in [6.45, 7) is 3.38. The Bertz CT molecular complexity index is 631. The van der Waals surface area contributed by atoms with E-state index < -0.39 is 11.8 Å². The number of nitrogens with two attached hydrogens (primary N) is 1. The minimum atomic E-state index is -1.41. The highest BCUT2D eigenvalue weighted by Crippen LogP contribution is 2.48. The molecule has 0 amide bonds. The number of nitrogens with zero attached hydrogens (tertiary/aromatic N) is 1. The smallest absolute Gasteiger partial charge is 0.0457 e. The van der Waals surface area contributed by atoms with Crippen molar-refractivity contribution in [2.24, 2.45) is 11.1 Å². The largest absolute Gasteiger partial charge is 0.323 e. The van der Waals surface area contributed by atoms with Gasteiger partial charge in [-0.3, -0.25) is 4.98 Å². The van der Waals surface area contributed by atoms with Gasteiger partial charge in [0, 0.05) is 20.7 Å². The van der Waals surface area contributed by atoms with Crippen LogP contribution < -0.4 is 11.1 Å². The Labute approximate surface area is 124 Å². The lowest BCUT2D eigenvalue weighted by Crippen LogP contribution is -2.42. The van der Waals surface area contributed by atoms with Gasteiger partial charge in [-0.05, 0) is 68.1 Å². The minimum Gasteiger partial charge on any atom is -0.323 e. The van der Waals surface area contributed by atoms with Crippen LogP contribution in [0.3, 0.4) is 0 Å². The molecular formula is C17H21N3. The maximum absolute atomic E-state index is 8.44. The molecule has 0 saturated carbocycles. The number of nitrogens with one attached hydrogen (secondary N) is 1. The maximum atomic E-state index is 8.44. The third-order valence-corrected chi connectivity index (χ3v) is 3.83. The summed E-state index contributed by atoms with van der Waals surface area (Å²) in [6, 6.07) is 3.53. The van der Waals surface area contributed by atoms with E-state index in [9.17, 15) is 0 Å². The van der Waals surface area contributed by atoms with Gasteiger partial charge in [-0.1, -0.05) is 12.0 Å². The molecule has 1 aliphatic carbocycles. The fraction of sp³-hybridized carbons (Fsp3) is 0.471. The van der Waals surface area contributed by atoms with Crippen molar-refractivity contribution in [3.8, 4) is 24.2 Å². The quantitative estimate of drug-likeness (QED) is 0.704. The first-order chi connectivity index (χ1) is 10.5. The number of hydrogen-bond acceptors (Lipinski definition) is 3. The molecule has 3 nitrogen and oxygen atoms in total. The number of hydrogen-bond donors (Lipinski definition) is 2. The standard InChI is InChI=1S/C12H17N3.C5H4/c13-11-9-2-1-5-15-10(9)8-12(11)3-6-14-7-4-12;1-3-5-4-2/h1-2,5,11,14H,3-4,6-8,13H2;1H,2H3/t11-;/m1./s1/i8D2;. The summed E-state index contributed by atoms with van der Waals surface area (Å²) in [6.07, 6.45) is 6.51. The second-order valence-electron chi connectivity index (χ2n) is 4.97. The first-order valence-electron chi connectivity index (χ1n) is 7.80. The number of piperidine rings is 1. The van der Waals surface area contributed by atoms with E-state index in [4.69, 9.17) is 14.9 Å². The van der Waals surface area contributed by atoms with Gasteiger partial charge in [0.15, 0.2) is 0 Å². The van der Waals surface area contributed by atoms with E-state index in [-0.39, 0.29) is 6.04 Å². The number of rotatable bonds is 0. The SMILES string of the molecule is C#CC#CC.[2H]C1([2H])c2ncccc2[C@@H](N)C12CCNCC2. The molecule has 1 aromatic heterocycles. The average molecular weight is 269 g/mol. The van der Waals surface area contributed by atoms with Gasteiger partial charge >= 0.3 is 0 Å². The van der Waals surface area contributed by atoms with Crippen molar-refractivity contribution in [1.82, 2.24) is 10.3 Å². The molecular weight excluding hydrogens is 246 g/mol. The van der Waals surface area contributed by atoms with Crippen LogP contribution in [0.2, 0.25) is 0 Å². The van der Waals surface area contributed by atoms with E-state index in [0.717, 1.165) is 31.5 Å². The van der Waals surface area contributed by atoms with Crippen LogP contribution in [0, 0.1) is 29.6 Å². The van der Waals surface area contributed by atoms with Crippen LogP contribution >= 0.6 is 0 Å². The van der Waals surface area contributed by atoms with E-state index in [2.05, 4.69) is 28.1 Å². The summed E-state index contributed by atoms with van der Waals surface area (Å²) in [7, 11) is 0. The number of pyridine rings is 1. The highest BCUT2D eigenvalue weighted by atomic mass is 14.9. The molecule has 104 valence electrons. The highest BCUT2D eigenvalue weighted by Gasteiger charge is 2.45. The lowest BCUT2D eigenvalue weighted by atomic mass is 9.74. The van der Waals surface area contributed by atoms with E-state index in [1.165, 1.54) is 0 Å². The van der Waals surface area contributed by atoms with Crippen molar-refractivity contribution in [2.45, 2.75) is 32.2 Å². The predicted molar refractivity (Wildman–Crippen MR) is 81.7 cm³/mol. The lowest BCUT2D eigenvalue weighted by molar-refractivity contribution is 0.173.